The molecule has 3 heterocycles. The summed E-state index contributed by atoms with van der Waals surface area (Å²) < 4.78 is 1.72. The van der Waals surface area contributed by atoms with Crippen LogP contribution in [0.5, 0.6) is 0 Å². The van der Waals surface area contributed by atoms with E-state index >= 15 is 0 Å². The fourth-order valence-electron chi connectivity index (χ4n) is 3.31. The Morgan fingerprint density at radius 3 is 2.73 bits per heavy atom. The molecule has 7 heteroatoms. The van der Waals surface area contributed by atoms with Crippen LogP contribution in [0.15, 0.2) is 42.9 Å². The first-order valence-electron chi connectivity index (χ1n) is 8.66. The maximum Gasteiger partial charge on any atom is 0.244 e. The number of aromatic nitrogens is 3. The van der Waals surface area contributed by atoms with Crippen LogP contribution in [0, 0.1) is 6.92 Å². The van der Waals surface area contributed by atoms with E-state index in [0.717, 1.165) is 40.3 Å². The Morgan fingerprint density at radius 1 is 1.15 bits per heavy atom. The molecule has 1 fully saturated rings. The minimum Gasteiger partial charge on any atom is -0.368 e. The van der Waals surface area contributed by atoms with Crippen molar-refractivity contribution in [3.05, 3.63) is 53.4 Å². The van der Waals surface area contributed by atoms with Gasteiger partial charge in [0, 0.05) is 48.5 Å². The van der Waals surface area contributed by atoms with Gasteiger partial charge in [0.2, 0.25) is 5.91 Å². The first-order valence-corrected chi connectivity index (χ1v) is 9.04. The summed E-state index contributed by atoms with van der Waals surface area (Å²) in [5.41, 5.74) is 3.11. The van der Waals surface area contributed by atoms with Crippen molar-refractivity contribution in [2.75, 3.05) is 31.1 Å². The number of aryl methyl sites for hydroxylation is 1. The summed E-state index contributed by atoms with van der Waals surface area (Å²) in [6, 6.07) is 7.97. The molecule has 26 heavy (non-hydrogen) atoms. The number of halogens is 1. The molecule has 1 aliphatic heterocycles. The number of carbonyl (C=O) groups is 1. The van der Waals surface area contributed by atoms with Gasteiger partial charge in [-0.15, -0.1) is 0 Å². The van der Waals surface area contributed by atoms with Gasteiger partial charge < -0.3 is 9.80 Å². The second kappa shape index (κ2) is 6.96. The third-order valence-electron chi connectivity index (χ3n) is 4.87. The third kappa shape index (κ3) is 3.24. The Morgan fingerprint density at radius 2 is 1.96 bits per heavy atom. The monoisotopic (exact) mass is 369 g/mol. The first kappa shape index (κ1) is 16.8. The van der Waals surface area contributed by atoms with E-state index in [1.54, 1.807) is 23.3 Å². The molecule has 0 N–H and O–H groups in total. The highest BCUT2D eigenvalue weighted by atomic mass is 35.5. The van der Waals surface area contributed by atoms with Gasteiger partial charge in [-0.3, -0.25) is 14.5 Å². The molecule has 1 saturated heterocycles. The number of carbonyl (C=O) groups excluding carboxylic acids is 1. The Labute approximate surface area is 157 Å². The maximum absolute atomic E-state index is 12.7. The Balaban J connectivity index is 1.39. The Bertz CT molecular complexity index is 946. The lowest BCUT2D eigenvalue weighted by molar-refractivity contribution is -0.132. The smallest absolute Gasteiger partial charge is 0.244 e. The summed E-state index contributed by atoms with van der Waals surface area (Å²) >= 11 is 6.11. The van der Waals surface area contributed by atoms with Crippen molar-refractivity contribution in [1.29, 1.82) is 0 Å². The van der Waals surface area contributed by atoms with Crippen molar-refractivity contribution < 1.29 is 4.79 Å². The average Bonchev–Trinajstić information content (AvgIpc) is 3.07. The Kier molecular flexibility index (Phi) is 4.51. The first-order chi connectivity index (χ1) is 12.6. The summed E-state index contributed by atoms with van der Waals surface area (Å²) in [5.74, 6) is 0.0887. The summed E-state index contributed by atoms with van der Waals surface area (Å²) in [4.78, 5) is 21.0. The zero-order chi connectivity index (χ0) is 18.1. The number of amides is 1. The van der Waals surface area contributed by atoms with Crippen LogP contribution < -0.4 is 4.90 Å². The molecular weight excluding hydrogens is 350 g/mol. The van der Waals surface area contributed by atoms with Crippen LogP contribution >= 0.6 is 11.6 Å². The topological polar surface area (TPSA) is 54.3 Å². The summed E-state index contributed by atoms with van der Waals surface area (Å²) in [7, 11) is 0. The zero-order valence-corrected chi connectivity index (χ0v) is 15.4. The van der Waals surface area contributed by atoms with Crippen molar-refractivity contribution in [2.45, 2.75) is 13.5 Å². The lowest BCUT2D eigenvalue weighted by atomic mass is 10.2. The highest BCUT2D eigenvalue weighted by Gasteiger charge is 2.22. The molecule has 0 saturated carbocycles. The van der Waals surface area contributed by atoms with Gasteiger partial charge >= 0.3 is 0 Å². The zero-order valence-electron chi connectivity index (χ0n) is 14.6. The van der Waals surface area contributed by atoms with E-state index in [9.17, 15) is 4.79 Å². The largest absolute Gasteiger partial charge is 0.368 e. The van der Waals surface area contributed by atoms with Crippen LogP contribution in [0.2, 0.25) is 5.02 Å². The molecule has 0 bridgehead atoms. The van der Waals surface area contributed by atoms with Crippen molar-refractivity contribution >= 4 is 34.1 Å². The lowest BCUT2D eigenvalue weighted by Crippen LogP contribution is -2.49. The quantitative estimate of drug-likeness (QED) is 0.712. The number of pyridine rings is 1. The molecule has 1 aromatic carbocycles. The van der Waals surface area contributed by atoms with Gasteiger partial charge in [0.1, 0.15) is 6.54 Å². The Hall–Kier alpha value is -2.60. The SMILES string of the molecule is Cc1cc(N2CCN(C(=O)Cn3ncc4ccncc43)CC2)ccc1Cl. The molecule has 0 unspecified atom stereocenters. The number of hydrogen-bond donors (Lipinski definition) is 0. The summed E-state index contributed by atoms with van der Waals surface area (Å²) in [5, 5.41) is 6.09. The minimum absolute atomic E-state index is 0.0887. The van der Waals surface area contributed by atoms with Crippen LogP contribution in [-0.2, 0) is 11.3 Å². The van der Waals surface area contributed by atoms with Crippen LogP contribution in [0.1, 0.15) is 5.56 Å². The third-order valence-corrected chi connectivity index (χ3v) is 5.30. The highest BCUT2D eigenvalue weighted by molar-refractivity contribution is 6.31. The fourth-order valence-corrected chi connectivity index (χ4v) is 3.43. The number of hydrogen-bond acceptors (Lipinski definition) is 4. The molecule has 3 aromatic rings. The van der Waals surface area contributed by atoms with Crippen molar-refractivity contribution in [1.82, 2.24) is 19.7 Å². The number of nitrogens with zero attached hydrogens (tertiary/aromatic N) is 5. The van der Waals surface area contributed by atoms with Crippen LogP contribution in [0.25, 0.3) is 10.9 Å². The number of anilines is 1. The van der Waals surface area contributed by atoms with E-state index in [1.807, 2.05) is 30.0 Å². The molecule has 4 rings (SSSR count). The van der Waals surface area contributed by atoms with Gasteiger partial charge in [-0.25, -0.2) is 0 Å². The van der Waals surface area contributed by atoms with Gasteiger partial charge in [-0.05, 0) is 36.8 Å². The number of fused-ring (bicyclic) bond motifs is 1. The lowest BCUT2D eigenvalue weighted by Gasteiger charge is -2.36. The molecular formula is C19H20ClN5O. The van der Waals surface area contributed by atoms with Gasteiger partial charge in [0.25, 0.3) is 0 Å². The summed E-state index contributed by atoms with van der Waals surface area (Å²) in [6.45, 7) is 5.29. The molecule has 0 radical (unpaired) electrons. The second-order valence-corrected chi connectivity index (χ2v) is 6.95. The number of rotatable bonds is 3. The van der Waals surface area contributed by atoms with Crippen molar-refractivity contribution in [3.63, 3.8) is 0 Å². The molecule has 0 spiro atoms. The van der Waals surface area contributed by atoms with E-state index in [4.69, 9.17) is 11.6 Å². The molecule has 2 aromatic heterocycles. The second-order valence-electron chi connectivity index (χ2n) is 6.54. The molecule has 0 aliphatic carbocycles. The molecule has 1 aliphatic rings. The fraction of sp³-hybridized carbons (Fsp3) is 0.316. The van der Waals surface area contributed by atoms with E-state index in [1.165, 1.54) is 0 Å². The average molecular weight is 370 g/mol. The highest BCUT2D eigenvalue weighted by Crippen LogP contribution is 2.23. The van der Waals surface area contributed by atoms with Crippen LogP contribution in [0.4, 0.5) is 5.69 Å². The van der Waals surface area contributed by atoms with E-state index in [0.29, 0.717) is 13.1 Å². The molecule has 134 valence electrons. The maximum atomic E-state index is 12.7. The van der Waals surface area contributed by atoms with Crippen LogP contribution in [0.3, 0.4) is 0 Å². The van der Waals surface area contributed by atoms with E-state index in [2.05, 4.69) is 21.0 Å². The van der Waals surface area contributed by atoms with Gasteiger partial charge in [0.05, 0.1) is 17.9 Å². The summed E-state index contributed by atoms with van der Waals surface area (Å²) in [6.07, 6.45) is 5.25. The number of benzene rings is 1. The standard InChI is InChI=1S/C19H20ClN5O/c1-14-10-16(2-3-17(14)20)23-6-8-24(9-7-23)19(26)13-25-18-12-21-5-4-15(18)11-22-25/h2-5,10-12H,6-9,13H2,1H3. The molecule has 1 amide bonds. The molecule has 6 nitrogen and oxygen atoms in total. The van der Waals surface area contributed by atoms with E-state index < -0.39 is 0 Å². The number of piperazine rings is 1. The van der Waals surface area contributed by atoms with E-state index in [-0.39, 0.29) is 12.5 Å². The van der Waals surface area contributed by atoms with Gasteiger partial charge in [-0.2, -0.15) is 5.10 Å². The normalized spacial score (nSPS) is 14.8. The van der Waals surface area contributed by atoms with Gasteiger partial charge in [-0.1, -0.05) is 11.6 Å². The van der Waals surface area contributed by atoms with Crippen molar-refractivity contribution in [2.24, 2.45) is 0 Å². The predicted molar refractivity (Wildman–Crippen MR) is 103 cm³/mol. The van der Waals surface area contributed by atoms with Crippen LogP contribution in [-0.4, -0.2) is 51.8 Å². The predicted octanol–water partition coefficient (Wildman–Crippen LogP) is 2.74. The van der Waals surface area contributed by atoms with Crippen molar-refractivity contribution in [3.8, 4) is 0 Å². The van der Waals surface area contributed by atoms with Gasteiger partial charge in [0.15, 0.2) is 0 Å². The minimum atomic E-state index is 0.0887. The molecule has 0 atom stereocenters.